The zero-order valence-electron chi connectivity index (χ0n) is 30.5. The van der Waals surface area contributed by atoms with Crippen LogP contribution in [-0.4, -0.2) is 62.2 Å². The Bertz CT molecular complexity index is 2240. The van der Waals surface area contributed by atoms with E-state index in [-0.39, 0.29) is 56.0 Å². The number of hydrogen-bond donors (Lipinski definition) is 4. The Morgan fingerprint density at radius 1 is 0.815 bits per heavy atom. The largest absolute Gasteiger partial charge is 0.354 e. The van der Waals surface area contributed by atoms with Gasteiger partial charge in [-0.05, 0) is 70.9 Å². The van der Waals surface area contributed by atoms with Gasteiger partial charge in [0.25, 0.3) is 5.91 Å². The van der Waals surface area contributed by atoms with Gasteiger partial charge in [-0.15, -0.1) is 32.9 Å². The number of nitrogens with one attached hydrogen (secondary N) is 4. The molecule has 13 nitrogen and oxygen atoms in total. The van der Waals surface area contributed by atoms with E-state index in [1.165, 1.54) is 11.3 Å². The normalized spacial score (nSPS) is 13.3. The standard InChI is InChI=1S/C38H40ClN9O4S2/c1-20-22(3)53-37-33(20)34(25-13-15-26(39)16-14-25)44-29(35-47-46-24(5)48(35)37)19-32(51)41-18-17-40-30(49)11-8-12-31(50)43-28-10-7-6-9-27(28)36(52)45-38-42-21(2)23(4)54-38/h6-7,9-10,13-16,29H,8,11-12,17-19H2,1-5H3,(H,40,49)(H,41,51)(H,43,50)(H,42,45,52)/t29-/m0/s1. The first-order chi connectivity index (χ1) is 25.9. The van der Waals surface area contributed by atoms with Crippen LogP contribution in [0.1, 0.15) is 85.9 Å². The molecule has 6 rings (SSSR count). The Balaban J connectivity index is 0.984. The minimum atomic E-state index is -0.607. The molecule has 2 aromatic carbocycles. The van der Waals surface area contributed by atoms with Gasteiger partial charge in [0.1, 0.15) is 16.9 Å². The number of anilines is 2. The molecule has 280 valence electrons. The lowest BCUT2D eigenvalue weighted by Crippen LogP contribution is -2.35. The molecule has 0 bridgehead atoms. The van der Waals surface area contributed by atoms with Crippen LogP contribution in [0.2, 0.25) is 5.02 Å². The number of carbonyl (C=O) groups excluding carboxylic acids is 4. The summed E-state index contributed by atoms with van der Waals surface area (Å²) in [4.78, 5) is 63.0. The average molecular weight is 786 g/mol. The van der Waals surface area contributed by atoms with Gasteiger partial charge < -0.3 is 16.0 Å². The number of thiazole rings is 1. The van der Waals surface area contributed by atoms with E-state index in [0.717, 1.165) is 42.9 Å². The molecule has 0 unspecified atom stereocenters. The third-order valence-corrected chi connectivity index (χ3v) is 11.4. The zero-order chi connectivity index (χ0) is 38.5. The molecule has 3 aromatic heterocycles. The lowest BCUT2D eigenvalue weighted by Gasteiger charge is -2.13. The molecule has 54 heavy (non-hydrogen) atoms. The highest BCUT2D eigenvalue weighted by Crippen LogP contribution is 2.39. The van der Waals surface area contributed by atoms with Crippen molar-refractivity contribution in [2.45, 2.75) is 66.3 Å². The van der Waals surface area contributed by atoms with E-state index in [1.54, 1.807) is 35.6 Å². The van der Waals surface area contributed by atoms with Crippen molar-refractivity contribution in [1.82, 2.24) is 30.4 Å². The fraction of sp³-hybridized carbons (Fsp3) is 0.316. The molecule has 4 amide bonds. The number of thiophene rings is 1. The monoisotopic (exact) mass is 785 g/mol. The lowest BCUT2D eigenvalue weighted by atomic mass is 9.99. The molecule has 5 aromatic rings. The average Bonchev–Trinajstić information content (AvgIpc) is 3.74. The number of fused-ring (bicyclic) bond motifs is 3. The number of aryl methyl sites for hydroxylation is 4. The summed E-state index contributed by atoms with van der Waals surface area (Å²) < 4.78 is 1.99. The highest BCUT2D eigenvalue weighted by Gasteiger charge is 2.32. The maximum Gasteiger partial charge on any atom is 0.259 e. The summed E-state index contributed by atoms with van der Waals surface area (Å²) in [6.07, 6.45) is 0.534. The summed E-state index contributed by atoms with van der Waals surface area (Å²) >= 11 is 9.23. The maximum absolute atomic E-state index is 13.2. The van der Waals surface area contributed by atoms with Gasteiger partial charge in [-0.1, -0.05) is 35.9 Å². The number of amides is 4. The number of nitrogens with zero attached hydrogens (tertiary/aromatic N) is 5. The third kappa shape index (κ3) is 8.75. The summed E-state index contributed by atoms with van der Waals surface area (Å²) in [7, 11) is 0. The number of hydrogen-bond acceptors (Lipinski definition) is 10. The minimum absolute atomic E-state index is 0.0281. The van der Waals surface area contributed by atoms with Gasteiger partial charge in [0.05, 0.1) is 29.1 Å². The molecule has 1 atom stereocenters. The van der Waals surface area contributed by atoms with Crippen LogP contribution in [0, 0.1) is 34.6 Å². The Kier molecular flexibility index (Phi) is 12.0. The number of aliphatic imine (C=N–C) groups is 1. The SMILES string of the molecule is Cc1nc(NC(=O)c2ccccc2NC(=O)CCCC(=O)NCCNC(=O)C[C@@H]2N=C(c3ccc(Cl)cc3)c3c(sc(C)c3C)-n3c(C)nnc32)sc1C. The van der Waals surface area contributed by atoms with Crippen molar-refractivity contribution in [3.8, 4) is 5.00 Å². The molecule has 4 N–H and O–H groups in total. The van der Waals surface area contributed by atoms with Gasteiger partial charge in [0.15, 0.2) is 11.0 Å². The molecule has 0 fully saturated rings. The number of rotatable bonds is 13. The summed E-state index contributed by atoms with van der Waals surface area (Å²) in [6, 6.07) is 13.6. The van der Waals surface area contributed by atoms with Crippen LogP contribution in [0.15, 0.2) is 53.5 Å². The fourth-order valence-electron chi connectivity index (χ4n) is 5.98. The molecule has 0 aliphatic carbocycles. The van der Waals surface area contributed by atoms with Crippen LogP contribution < -0.4 is 21.3 Å². The molecular formula is C38H40ClN9O4S2. The molecule has 1 aliphatic rings. The molecular weight excluding hydrogens is 746 g/mol. The summed E-state index contributed by atoms with van der Waals surface area (Å²) in [5.41, 5.74) is 5.26. The van der Waals surface area contributed by atoms with Gasteiger partial charge in [0.2, 0.25) is 17.7 Å². The predicted molar refractivity (Wildman–Crippen MR) is 212 cm³/mol. The quantitative estimate of drug-likeness (QED) is 0.0980. The van der Waals surface area contributed by atoms with Crippen molar-refractivity contribution in [2.24, 2.45) is 4.99 Å². The van der Waals surface area contributed by atoms with E-state index in [2.05, 4.69) is 50.3 Å². The van der Waals surface area contributed by atoms with Gasteiger partial charge in [-0.2, -0.15) is 0 Å². The summed E-state index contributed by atoms with van der Waals surface area (Å²) in [6.45, 7) is 10.3. The summed E-state index contributed by atoms with van der Waals surface area (Å²) in [5.74, 6) is 0.0994. The van der Waals surface area contributed by atoms with Crippen molar-refractivity contribution in [3.63, 3.8) is 0 Å². The highest BCUT2D eigenvalue weighted by molar-refractivity contribution is 7.16. The molecule has 0 spiro atoms. The maximum atomic E-state index is 13.2. The van der Waals surface area contributed by atoms with Crippen LogP contribution in [0.3, 0.4) is 0 Å². The predicted octanol–water partition coefficient (Wildman–Crippen LogP) is 6.56. The molecule has 0 saturated carbocycles. The van der Waals surface area contributed by atoms with Crippen LogP contribution in [0.25, 0.3) is 5.00 Å². The minimum Gasteiger partial charge on any atom is -0.354 e. The highest BCUT2D eigenvalue weighted by atomic mass is 35.5. The first-order valence-electron chi connectivity index (χ1n) is 17.4. The molecule has 1 aliphatic heterocycles. The molecule has 0 radical (unpaired) electrons. The third-order valence-electron chi connectivity index (χ3n) is 9.01. The first-order valence-corrected chi connectivity index (χ1v) is 19.4. The van der Waals surface area contributed by atoms with E-state index < -0.39 is 6.04 Å². The van der Waals surface area contributed by atoms with E-state index in [1.807, 2.05) is 49.6 Å². The van der Waals surface area contributed by atoms with Crippen molar-refractivity contribution in [2.75, 3.05) is 23.7 Å². The van der Waals surface area contributed by atoms with Gasteiger partial charge in [0, 0.05) is 51.8 Å². The topological polar surface area (TPSA) is 172 Å². The second-order valence-corrected chi connectivity index (χ2v) is 15.7. The number of aromatic nitrogens is 4. The second kappa shape index (κ2) is 16.8. The smallest absolute Gasteiger partial charge is 0.259 e. The number of carbonyl (C=O) groups is 4. The van der Waals surface area contributed by atoms with Crippen molar-refractivity contribution in [3.05, 3.63) is 103 Å². The Hall–Kier alpha value is -5.25. The lowest BCUT2D eigenvalue weighted by molar-refractivity contribution is -0.123. The first kappa shape index (κ1) is 38.5. The van der Waals surface area contributed by atoms with Gasteiger partial charge in [-0.3, -0.25) is 34.1 Å². The van der Waals surface area contributed by atoms with E-state index in [0.29, 0.717) is 39.5 Å². The molecule has 16 heteroatoms. The van der Waals surface area contributed by atoms with Crippen molar-refractivity contribution >= 4 is 74.4 Å². The Labute approximate surface area is 325 Å². The van der Waals surface area contributed by atoms with Gasteiger partial charge >= 0.3 is 0 Å². The number of halogens is 1. The van der Waals surface area contributed by atoms with Crippen LogP contribution in [0.5, 0.6) is 0 Å². The van der Waals surface area contributed by atoms with Crippen LogP contribution in [-0.2, 0) is 14.4 Å². The van der Waals surface area contributed by atoms with Crippen LogP contribution >= 0.6 is 34.3 Å². The van der Waals surface area contributed by atoms with Crippen molar-refractivity contribution in [1.29, 1.82) is 0 Å². The zero-order valence-corrected chi connectivity index (χ0v) is 32.9. The van der Waals surface area contributed by atoms with E-state index in [4.69, 9.17) is 16.6 Å². The van der Waals surface area contributed by atoms with E-state index in [9.17, 15) is 19.2 Å². The van der Waals surface area contributed by atoms with Gasteiger partial charge in [-0.25, -0.2) is 4.98 Å². The molecule has 4 heterocycles. The summed E-state index contributed by atoms with van der Waals surface area (Å²) in [5, 5.41) is 22.1. The number of para-hydroxylation sites is 1. The molecule has 0 saturated heterocycles. The number of benzene rings is 2. The fourth-order valence-corrected chi connectivity index (χ4v) is 8.13. The van der Waals surface area contributed by atoms with Crippen LogP contribution in [0.4, 0.5) is 10.8 Å². The Morgan fingerprint density at radius 2 is 1.52 bits per heavy atom. The van der Waals surface area contributed by atoms with E-state index >= 15 is 0 Å². The van der Waals surface area contributed by atoms with Crippen molar-refractivity contribution < 1.29 is 19.2 Å². The second-order valence-electron chi connectivity index (χ2n) is 12.9. The Morgan fingerprint density at radius 3 is 2.24 bits per heavy atom.